The molecule has 1 rings (SSSR count). The number of rotatable bonds is 5. The first-order valence-corrected chi connectivity index (χ1v) is 5.78. The maximum Gasteiger partial charge on any atom is 0.317 e. The van der Waals surface area contributed by atoms with Gasteiger partial charge in [-0.2, -0.15) is 0 Å². The standard InChI is InChI=1S/C11H20N2O4/c1-13(5-6-17-2)11(16)12-9-4-3-8(7-9)10(14)15/h8-9H,3-7H2,1-2H3,(H,12,16)(H,14,15). The summed E-state index contributed by atoms with van der Waals surface area (Å²) in [4.78, 5) is 24.0. The summed E-state index contributed by atoms with van der Waals surface area (Å²) in [6, 6.07) is -0.188. The number of hydrogen-bond acceptors (Lipinski definition) is 3. The number of likely N-dealkylation sites (N-methyl/N-ethyl adjacent to an activating group) is 1. The number of nitrogens with zero attached hydrogens (tertiary/aromatic N) is 1. The van der Waals surface area contributed by atoms with Crippen molar-refractivity contribution in [3.05, 3.63) is 0 Å². The highest BCUT2D eigenvalue weighted by Crippen LogP contribution is 2.25. The smallest absolute Gasteiger partial charge is 0.317 e. The highest BCUT2D eigenvalue weighted by molar-refractivity contribution is 5.75. The van der Waals surface area contributed by atoms with Crippen LogP contribution in [-0.2, 0) is 9.53 Å². The number of carboxylic acid groups (broad SMARTS) is 1. The molecule has 2 unspecified atom stereocenters. The predicted molar refractivity (Wildman–Crippen MR) is 61.8 cm³/mol. The van der Waals surface area contributed by atoms with Crippen LogP contribution in [0.4, 0.5) is 4.79 Å². The molecule has 6 heteroatoms. The van der Waals surface area contributed by atoms with Crippen molar-refractivity contribution >= 4 is 12.0 Å². The number of ether oxygens (including phenoxy) is 1. The lowest BCUT2D eigenvalue weighted by Gasteiger charge is -2.20. The molecule has 0 heterocycles. The van der Waals surface area contributed by atoms with Crippen LogP contribution >= 0.6 is 0 Å². The average Bonchev–Trinajstić information content (AvgIpc) is 2.74. The van der Waals surface area contributed by atoms with E-state index in [1.54, 1.807) is 14.2 Å². The van der Waals surface area contributed by atoms with E-state index in [-0.39, 0.29) is 18.0 Å². The van der Waals surface area contributed by atoms with Gasteiger partial charge in [-0.1, -0.05) is 0 Å². The molecule has 17 heavy (non-hydrogen) atoms. The topological polar surface area (TPSA) is 78.9 Å². The molecular formula is C11H20N2O4. The molecule has 1 fully saturated rings. The van der Waals surface area contributed by atoms with Crippen LogP contribution in [0.1, 0.15) is 19.3 Å². The minimum atomic E-state index is -0.769. The molecule has 98 valence electrons. The molecular weight excluding hydrogens is 224 g/mol. The SMILES string of the molecule is COCCN(C)C(=O)NC1CCC(C(=O)O)C1. The highest BCUT2D eigenvalue weighted by atomic mass is 16.5. The van der Waals surface area contributed by atoms with E-state index in [0.717, 1.165) is 6.42 Å². The number of hydrogen-bond donors (Lipinski definition) is 2. The van der Waals surface area contributed by atoms with E-state index < -0.39 is 5.97 Å². The van der Waals surface area contributed by atoms with Gasteiger partial charge in [0.25, 0.3) is 0 Å². The van der Waals surface area contributed by atoms with Crippen molar-refractivity contribution in [2.24, 2.45) is 5.92 Å². The van der Waals surface area contributed by atoms with Gasteiger partial charge in [-0.15, -0.1) is 0 Å². The second-order valence-corrected chi connectivity index (χ2v) is 4.41. The van der Waals surface area contributed by atoms with E-state index >= 15 is 0 Å². The third-order valence-electron chi connectivity index (χ3n) is 3.09. The molecule has 0 spiro atoms. The van der Waals surface area contributed by atoms with Gasteiger partial charge in [0.2, 0.25) is 0 Å². The minimum Gasteiger partial charge on any atom is -0.481 e. The summed E-state index contributed by atoms with van der Waals surface area (Å²) in [6.07, 6.45) is 1.90. The summed E-state index contributed by atoms with van der Waals surface area (Å²) in [7, 11) is 3.28. The normalized spacial score (nSPS) is 23.4. The van der Waals surface area contributed by atoms with Crippen molar-refractivity contribution in [1.29, 1.82) is 0 Å². The third-order valence-corrected chi connectivity index (χ3v) is 3.09. The number of aliphatic carboxylic acids is 1. The molecule has 0 aromatic carbocycles. The van der Waals surface area contributed by atoms with E-state index in [9.17, 15) is 9.59 Å². The zero-order chi connectivity index (χ0) is 12.8. The summed E-state index contributed by atoms with van der Waals surface area (Å²) < 4.78 is 4.88. The number of nitrogens with one attached hydrogen (secondary N) is 1. The average molecular weight is 244 g/mol. The van der Waals surface area contributed by atoms with Crippen LogP contribution < -0.4 is 5.32 Å². The Morgan fingerprint density at radius 2 is 2.18 bits per heavy atom. The molecule has 1 saturated carbocycles. The lowest BCUT2D eigenvalue weighted by Crippen LogP contribution is -2.43. The monoisotopic (exact) mass is 244 g/mol. The van der Waals surface area contributed by atoms with E-state index in [0.29, 0.717) is 26.0 Å². The Morgan fingerprint density at radius 1 is 1.47 bits per heavy atom. The van der Waals surface area contributed by atoms with Crippen LogP contribution in [0.25, 0.3) is 0 Å². The van der Waals surface area contributed by atoms with Gasteiger partial charge < -0.3 is 20.1 Å². The molecule has 2 amide bonds. The van der Waals surface area contributed by atoms with Crippen molar-refractivity contribution in [2.45, 2.75) is 25.3 Å². The zero-order valence-corrected chi connectivity index (χ0v) is 10.3. The maximum absolute atomic E-state index is 11.7. The molecule has 1 aliphatic carbocycles. The molecule has 0 saturated heterocycles. The minimum absolute atomic E-state index is 0.0198. The summed E-state index contributed by atoms with van der Waals surface area (Å²) in [5.41, 5.74) is 0. The van der Waals surface area contributed by atoms with E-state index in [1.165, 1.54) is 4.90 Å². The zero-order valence-electron chi connectivity index (χ0n) is 10.3. The van der Waals surface area contributed by atoms with Crippen molar-refractivity contribution in [1.82, 2.24) is 10.2 Å². The third kappa shape index (κ3) is 4.22. The van der Waals surface area contributed by atoms with Gasteiger partial charge >= 0.3 is 12.0 Å². The first-order chi connectivity index (χ1) is 8.04. The van der Waals surface area contributed by atoms with Gasteiger partial charge in [-0.25, -0.2) is 4.79 Å². The Bertz CT molecular complexity index is 283. The Morgan fingerprint density at radius 3 is 2.71 bits per heavy atom. The number of carbonyl (C=O) groups excluding carboxylic acids is 1. The van der Waals surface area contributed by atoms with Crippen LogP contribution in [0.3, 0.4) is 0 Å². The van der Waals surface area contributed by atoms with Gasteiger partial charge in [0.1, 0.15) is 0 Å². The van der Waals surface area contributed by atoms with Gasteiger partial charge in [-0.05, 0) is 19.3 Å². The van der Waals surface area contributed by atoms with Crippen molar-refractivity contribution in [3.8, 4) is 0 Å². The van der Waals surface area contributed by atoms with Crippen molar-refractivity contribution in [3.63, 3.8) is 0 Å². The second kappa shape index (κ2) is 6.44. The molecule has 2 atom stereocenters. The number of carboxylic acids is 1. The highest BCUT2D eigenvalue weighted by Gasteiger charge is 2.30. The first kappa shape index (κ1) is 13.8. The molecule has 6 nitrogen and oxygen atoms in total. The van der Waals surface area contributed by atoms with Crippen LogP contribution in [0.5, 0.6) is 0 Å². The Kier molecular flexibility index (Phi) is 5.21. The molecule has 0 bridgehead atoms. The summed E-state index contributed by atoms with van der Waals surface area (Å²) in [5, 5.41) is 11.7. The summed E-state index contributed by atoms with van der Waals surface area (Å²) >= 11 is 0. The quantitative estimate of drug-likeness (QED) is 0.739. The number of carbonyl (C=O) groups is 2. The van der Waals surface area contributed by atoms with Gasteiger partial charge in [0, 0.05) is 26.7 Å². The maximum atomic E-state index is 11.7. The summed E-state index contributed by atoms with van der Waals surface area (Å²) in [5.74, 6) is -1.08. The van der Waals surface area contributed by atoms with E-state index in [4.69, 9.17) is 9.84 Å². The first-order valence-electron chi connectivity index (χ1n) is 5.78. The van der Waals surface area contributed by atoms with Gasteiger partial charge in [0.15, 0.2) is 0 Å². The molecule has 2 N–H and O–H groups in total. The Labute approximate surface area is 101 Å². The van der Waals surface area contributed by atoms with Crippen LogP contribution in [0.15, 0.2) is 0 Å². The summed E-state index contributed by atoms with van der Waals surface area (Å²) in [6.45, 7) is 1.02. The fourth-order valence-corrected chi connectivity index (χ4v) is 1.95. The van der Waals surface area contributed by atoms with Crippen LogP contribution in [-0.4, -0.2) is 55.4 Å². The fourth-order valence-electron chi connectivity index (χ4n) is 1.95. The van der Waals surface area contributed by atoms with Gasteiger partial charge in [0.05, 0.1) is 12.5 Å². The van der Waals surface area contributed by atoms with E-state index in [1.807, 2.05) is 0 Å². The predicted octanol–water partition coefficient (Wildman–Crippen LogP) is 0.528. The Hall–Kier alpha value is -1.30. The largest absolute Gasteiger partial charge is 0.481 e. The number of amides is 2. The number of methoxy groups -OCH3 is 1. The second-order valence-electron chi connectivity index (χ2n) is 4.41. The molecule has 1 aliphatic rings. The van der Waals surface area contributed by atoms with Gasteiger partial charge in [-0.3, -0.25) is 4.79 Å². The van der Waals surface area contributed by atoms with E-state index in [2.05, 4.69) is 5.32 Å². The fraction of sp³-hybridized carbons (Fsp3) is 0.818. The van der Waals surface area contributed by atoms with Crippen LogP contribution in [0.2, 0.25) is 0 Å². The Balaban J connectivity index is 2.30. The molecule has 0 aromatic heterocycles. The molecule has 0 aromatic rings. The molecule has 0 aliphatic heterocycles. The van der Waals surface area contributed by atoms with Crippen molar-refractivity contribution < 1.29 is 19.4 Å². The van der Waals surface area contributed by atoms with Crippen molar-refractivity contribution in [2.75, 3.05) is 27.3 Å². The lowest BCUT2D eigenvalue weighted by atomic mass is 10.1. The molecule has 0 radical (unpaired) electrons. The van der Waals surface area contributed by atoms with Crippen LogP contribution in [0, 0.1) is 5.92 Å². The number of urea groups is 1. The lowest BCUT2D eigenvalue weighted by molar-refractivity contribution is -0.141.